The van der Waals surface area contributed by atoms with E-state index >= 15 is 0 Å². The number of carbonyl (C=O) groups is 1. The van der Waals surface area contributed by atoms with Gasteiger partial charge in [0.2, 0.25) is 0 Å². The molecular formula is C16H18N6O. The number of pyridine rings is 1. The van der Waals surface area contributed by atoms with Gasteiger partial charge in [0.15, 0.2) is 5.69 Å². The lowest BCUT2D eigenvalue weighted by Crippen LogP contribution is -2.31. The average molecular weight is 310 g/mol. The van der Waals surface area contributed by atoms with Gasteiger partial charge in [-0.3, -0.25) is 9.78 Å². The third kappa shape index (κ3) is 2.91. The Bertz CT molecular complexity index is 836. The van der Waals surface area contributed by atoms with Crippen molar-refractivity contribution in [1.82, 2.24) is 30.6 Å². The van der Waals surface area contributed by atoms with E-state index in [1.807, 2.05) is 44.3 Å². The number of nitrogens with zero attached hydrogens (tertiary/aromatic N) is 4. The molecule has 0 aliphatic heterocycles. The molecule has 2 N–H and O–H groups in total. The van der Waals surface area contributed by atoms with Gasteiger partial charge >= 0.3 is 0 Å². The van der Waals surface area contributed by atoms with Crippen LogP contribution in [0.1, 0.15) is 16.2 Å². The van der Waals surface area contributed by atoms with Crippen molar-refractivity contribution >= 4 is 16.8 Å². The van der Waals surface area contributed by atoms with Crippen LogP contribution in [0.25, 0.3) is 16.6 Å². The maximum Gasteiger partial charge on any atom is 0.273 e. The molecule has 0 saturated heterocycles. The standard InChI is InChI=1S/C16H18N6O/c1-11-14(16(23)19-10-9-17-2)20-21-22(11)13-7-3-5-12-6-4-8-18-15(12)13/h3-8,17H,9-10H2,1-2H3,(H,19,23). The van der Waals surface area contributed by atoms with Crippen molar-refractivity contribution in [3.8, 4) is 5.69 Å². The summed E-state index contributed by atoms with van der Waals surface area (Å²) in [6.07, 6.45) is 1.74. The molecule has 7 heteroatoms. The van der Waals surface area contributed by atoms with Crippen LogP contribution in [0, 0.1) is 6.92 Å². The molecule has 7 nitrogen and oxygen atoms in total. The minimum absolute atomic E-state index is 0.225. The molecule has 2 aromatic heterocycles. The summed E-state index contributed by atoms with van der Waals surface area (Å²) >= 11 is 0. The highest BCUT2D eigenvalue weighted by molar-refractivity contribution is 5.93. The second kappa shape index (κ2) is 6.53. The van der Waals surface area contributed by atoms with Gasteiger partial charge < -0.3 is 10.6 Å². The number of likely N-dealkylation sites (N-methyl/N-ethyl adjacent to an activating group) is 1. The lowest BCUT2D eigenvalue weighted by molar-refractivity contribution is 0.0948. The van der Waals surface area contributed by atoms with Crippen molar-refractivity contribution < 1.29 is 4.79 Å². The first-order valence-corrected chi connectivity index (χ1v) is 7.41. The number of aromatic nitrogens is 4. The Hall–Kier alpha value is -2.80. The Kier molecular flexibility index (Phi) is 4.29. The molecule has 2 heterocycles. The summed E-state index contributed by atoms with van der Waals surface area (Å²) in [5, 5.41) is 15.0. The third-order valence-corrected chi connectivity index (χ3v) is 3.61. The van der Waals surface area contributed by atoms with E-state index in [2.05, 4.69) is 25.9 Å². The van der Waals surface area contributed by atoms with Crippen LogP contribution in [-0.2, 0) is 0 Å². The number of fused-ring (bicyclic) bond motifs is 1. The molecule has 0 aliphatic carbocycles. The number of hydrogen-bond acceptors (Lipinski definition) is 5. The van der Waals surface area contributed by atoms with Gasteiger partial charge in [-0.15, -0.1) is 5.10 Å². The highest BCUT2D eigenvalue weighted by Gasteiger charge is 2.18. The number of amides is 1. The Labute approximate surface area is 133 Å². The van der Waals surface area contributed by atoms with Gasteiger partial charge in [0.25, 0.3) is 5.91 Å². The van der Waals surface area contributed by atoms with Crippen LogP contribution in [0.3, 0.4) is 0 Å². The van der Waals surface area contributed by atoms with Crippen molar-refractivity contribution in [2.75, 3.05) is 20.1 Å². The van der Waals surface area contributed by atoms with Gasteiger partial charge in [0.1, 0.15) is 0 Å². The lowest BCUT2D eigenvalue weighted by atomic mass is 10.2. The SMILES string of the molecule is CNCCNC(=O)c1nnn(-c2cccc3cccnc23)c1C. The second-order valence-corrected chi connectivity index (χ2v) is 5.15. The van der Waals surface area contributed by atoms with Crippen LogP contribution in [0.4, 0.5) is 0 Å². The highest BCUT2D eigenvalue weighted by Crippen LogP contribution is 2.21. The van der Waals surface area contributed by atoms with E-state index < -0.39 is 0 Å². The molecule has 0 saturated carbocycles. The summed E-state index contributed by atoms with van der Waals surface area (Å²) in [4.78, 5) is 16.6. The first kappa shape index (κ1) is 15.1. The van der Waals surface area contributed by atoms with Crippen molar-refractivity contribution in [3.05, 3.63) is 47.9 Å². The van der Waals surface area contributed by atoms with Crippen LogP contribution >= 0.6 is 0 Å². The molecule has 0 aliphatic rings. The Morgan fingerprint density at radius 3 is 2.87 bits per heavy atom. The molecule has 3 aromatic rings. The molecule has 1 aromatic carbocycles. The Morgan fingerprint density at radius 2 is 2.04 bits per heavy atom. The van der Waals surface area contributed by atoms with Crippen molar-refractivity contribution in [2.24, 2.45) is 0 Å². The predicted octanol–water partition coefficient (Wildman–Crippen LogP) is 1.07. The van der Waals surface area contributed by atoms with E-state index in [1.54, 1.807) is 10.9 Å². The summed E-state index contributed by atoms with van der Waals surface area (Å²) in [5.74, 6) is -0.225. The normalized spacial score (nSPS) is 10.9. The quantitative estimate of drug-likeness (QED) is 0.689. The molecule has 23 heavy (non-hydrogen) atoms. The van der Waals surface area contributed by atoms with Gasteiger partial charge in [-0.2, -0.15) is 0 Å². The molecule has 1 amide bonds. The second-order valence-electron chi connectivity index (χ2n) is 5.15. The maximum atomic E-state index is 12.2. The number of rotatable bonds is 5. The molecule has 0 radical (unpaired) electrons. The van der Waals surface area contributed by atoms with E-state index in [0.29, 0.717) is 24.5 Å². The number of carbonyl (C=O) groups excluding carboxylic acids is 1. The van der Waals surface area contributed by atoms with E-state index in [0.717, 1.165) is 16.6 Å². The molecule has 0 spiro atoms. The van der Waals surface area contributed by atoms with E-state index in [1.165, 1.54) is 0 Å². The van der Waals surface area contributed by atoms with E-state index in [4.69, 9.17) is 0 Å². The van der Waals surface area contributed by atoms with Crippen LogP contribution in [-0.4, -0.2) is 46.0 Å². The molecule has 118 valence electrons. The zero-order valence-corrected chi connectivity index (χ0v) is 13.1. The smallest absolute Gasteiger partial charge is 0.273 e. The van der Waals surface area contributed by atoms with Crippen molar-refractivity contribution in [3.63, 3.8) is 0 Å². The zero-order chi connectivity index (χ0) is 16.2. The third-order valence-electron chi connectivity index (χ3n) is 3.61. The monoisotopic (exact) mass is 310 g/mol. The van der Waals surface area contributed by atoms with Gasteiger partial charge in [0, 0.05) is 24.7 Å². The Balaban J connectivity index is 1.97. The summed E-state index contributed by atoms with van der Waals surface area (Å²) < 4.78 is 1.66. The molecule has 3 rings (SSSR count). The Morgan fingerprint density at radius 1 is 1.22 bits per heavy atom. The van der Waals surface area contributed by atoms with Gasteiger partial charge in [-0.05, 0) is 26.1 Å². The molecular weight excluding hydrogens is 292 g/mol. The number of benzene rings is 1. The minimum atomic E-state index is -0.225. The van der Waals surface area contributed by atoms with Crippen LogP contribution in [0.15, 0.2) is 36.5 Å². The molecule has 0 bridgehead atoms. The molecule has 0 atom stereocenters. The lowest BCUT2D eigenvalue weighted by Gasteiger charge is -2.07. The largest absolute Gasteiger partial charge is 0.349 e. The van der Waals surface area contributed by atoms with Crippen LogP contribution in [0.5, 0.6) is 0 Å². The number of nitrogens with one attached hydrogen (secondary N) is 2. The highest BCUT2D eigenvalue weighted by atomic mass is 16.2. The van der Waals surface area contributed by atoms with E-state index in [9.17, 15) is 4.79 Å². The fourth-order valence-electron chi connectivity index (χ4n) is 2.41. The number of hydrogen-bond donors (Lipinski definition) is 2. The average Bonchev–Trinajstić information content (AvgIpc) is 2.96. The first-order chi connectivity index (χ1) is 11.2. The fraction of sp³-hybridized carbons (Fsp3) is 0.250. The van der Waals surface area contributed by atoms with E-state index in [-0.39, 0.29) is 5.91 Å². The van der Waals surface area contributed by atoms with Gasteiger partial charge in [-0.25, -0.2) is 4.68 Å². The van der Waals surface area contributed by atoms with Crippen molar-refractivity contribution in [2.45, 2.75) is 6.92 Å². The predicted molar refractivity (Wildman–Crippen MR) is 87.7 cm³/mol. The minimum Gasteiger partial charge on any atom is -0.349 e. The topological polar surface area (TPSA) is 84.7 Å². The summed E-state index contributed by atoms with van der Waals surface area (Å²) in [5.41, 5.74) is 2.65. The fourth-order valence-corrected chi connectivity index (χ4v) is 2.41. The summed E-state index contributed by atoms with van der Waals surface area (Å²) in [6, 6.07) is 9.72. The molecule has 0 fully saturated rings. The first-order valence-electron chi connectivity index (χ1n) is 7.41. The van der Waals surface area contributed by atoms with Crippen LogP contribution < -0.4 is 10.6 Å². The van der Waals surface area contributed by atoms with Crippen molar-refractivity contribution in [1.29, 1.82) is 0 Å². The molecule has 0 unspecified atom stereocenters. The summed E-state index contributed by atoms with van der Waals surface area (Å²) in [6.45, 7) is 3.07. The van der Waals surface area contributed by atoms with Gasteiger partial charge in [0.05, 0.1) is 16.9 Å². The summed E-state index contributed by atoms with van der Waals surface area (Å²) in [7, 11) is 1.83. The maximum absolute atomic E-state index is 12.2. The van der Waals surface area contributed by atoms with Crippen LogP contribution in [0.2, 0.25) is 0 Å². The number of para-hydroxylation sites is 1. The van der Waals surface area contributed by atoms with Gasteiger partial charge in [-0.1, -0.05) is 23.4 Å². The zero-order valence-electron chi connectivity index (χ0n) is 13.1.